The van der Waals surface area contributed by atoms with Crippen LogP contribution in [0.15, 0.2) is 12.1 Å². The Bertz CT molecular complexity index is 409. The number of amides is 1. The van der Waals surface area contributed by atoms with E-state index < -0.39 is 0 Å². The molecular weight excluding hydrogens is 230 g/mol. The lowest BCUT2D eigenvalue weighted by atomic mass is 10.3. The Labute approximate surface area is 107 Å². The Balaban J connectivity index is 2.04. The van der Waals surface area contributed by atoms with Crippen LogP contribution in [0.4, 0.5) is 5.82 Å². The average Bonchev–Trinajstić information content (AvgIpc) is 2.39. The minimum atomic E-state index is -0.0269. The normalized spacial score (nSPS) is 16.7. The largest absolute Gasteiger partial charge is 0.361 e. The van der Waals surface area contributed by atoms with Gasteiger partial charge in [0.2, 0.25) is 0 Å². The van der Waals surface area contributed by atoms with Gasteiger partial charge in [0.15, 0.2) is 11.5 Å². The summed E-state index contributed by atoms with van der Waals surface area (Å²) in [4.78, 5) is 18.1. The van der Waals surface area contributed by atoms with Crippen LogP contribution >= 0.6 is 0 Å². The fraction of sp³-hybridized carbons (Fsp3) is 0.583. The second-order valence-electron chi connectivity index (χ2n) is 4.77. The molecule has 0 aromatic carbocycles. The maximum atomic E-state index is 12.2. The average molecular weight is 249 g/mol. The molecule has 6 heteroatoms. The third kappa shape index (κ3) is 2.76. The van der Waals surface area contributed by atoms with E-state index in [1.807, 2.05) is 30.0 Å². The standard InChI is InChI=1S/C12H19N5O/c1-15(2)11-5-4-10(13-14-11)12(18)17-8-6-16(3)7-9-17/h4-5H,6-9H2,1-3H3. The summed E-state index contributed by atoms with van der Waals surface area (Å²) < 4.78 is 0. The van der Waals surface area contributed by atoms with Gasteiger partial charge >= 0.3 is 0 Å². The van der Waals surface area contributed by atoms with E-state index in [9.17, 15) is 4.79 Å². The number of piperazine rings is 1. The van der Waals surface area contributed by atoms with Crippen LogP contribution in [0.2, 0.25) is 0 Å². The van der Waals surface area contributed by atoms with E-state index in [4.69, 9.17) is 0 Å². The van der Waals surface area contributed by atoms with E-state index in [2.05, 4.69) is 22.1 Å². The molecular formula is C12H19N5O. The zero-order valence-corrected chi connectivity index (χ0v) is 11.1. The number of hydrogen-bond acceptors (Lipinski definition) is 5. The van der Waals surface area contributed by atoms with Crippen molar-refractivity contribution in [3.8, 4) is 0 Å². The predicted octanol–water partition coefficient (Wildman–Crippen LogP) is -0.0698. The second kappa shape index (κ2) is 5.30. The lowest BCUT2D eigenvalue weighted by Crippen LogP contribution is -2.47. The molecule has 6 nitrogen and oxygen atoms in total. The van der Waals surface area contributed by atoms with Gasteiger partial charge in [0, 0.05) is 40.3 Å². The molecule has 0 radical (unpaired) electrons. The highest BCUT2D eigenvalue weighted by molar-refractivity contribution is 5.92. The van der Waals surface area contributed by atoms with Gasteiger partial charge in [-0.2, -0.15) is 0 Å². The first-order chi connectivity index (χ1) is 8.58. The van der Waals surface area contributed by atoms with Crippen LogP contribution in [0.3, 0.4) is 0 Å². The molecule has 0 unspecified atom stereocenters. The Kier molecular flexibility index (Phi) is 3.76. The zero-order chi connectivity index (χ0) is 13.1. The maximum absolute atomic E-state index is 12.2. The number of aromatic nitrogens is 2. The predicted molar refractivity (Wildman–Crippen MR) is 69.8 cm³/mol. The van der Waals surface area contributed by atoms with Crippen molar-refractivity contribution in [3.05, 3.63) is 17.8 Å². The first-order valence-corrected chi connectivity index (χ1v) is 6.07. The van der Waals surface area contributed by atoms with E-state index in [-0.39, 0.29) is 5.91 Å². The van der Waals surface area contributed by atoms with Crippen LogP contribution in [0.5, 0.6) is 0 Å². The number of hydrogen-bond donors (Lipinski definition) is 0. The van der Waals surface area contributed by atoms with E-state index in [1.165, 1.54) is 0 Å². The summed E-state index contributed by atoms with van der Waals surface area (Å²) in [5.41, 5.74) is 0.421. The van der Waals surface area contributed by atoms with E-state index in [0.717, 1.165) is 32.0 Å². The van der Waals surface area contributed by atoms with Crippen molar-refractivity contribution in [3.63, 3.8) is 0 Å². The van der Waals surface area contributed by atoms with Gasteiger partial charge in [-0.3, -0.25) is 4.79 Å². The number of rotatable bonds is 2. The lowest BCUT2D eigenvalue weighted by molar-refractivity contribution is 0.0657. The van der Waals surface area contributed by atoms with Gasteiger partial charge in [-0.05, 0) is 19.2 Å². The minimum Gasteiger partial charge on any atom is -0.361 e. The van der Waals surface area contributed by atoms with Crippen molar-refractivity contribution in [1.29, 1.82) is 0 Å². The van der Waals surface area contributed by atoms with Gasteiger partial charge in [-0.15, -0.1) is 10.2 Å². The number of anilines is 1. The summed E-state index contributed by atoms with van der Waals surface area (Å²) in [6.45, 7) is 3.34. The number of carbonyl (C=O) groups is 1. The van der Waals surface area contributed by atoms with Crippen LogP contribution in [-0.4, -0.2) is 73.2 Å². The molecule has 0 atom stereocenters. The van der Waals surface area contributed by atoms with Gasteiger partial charge in [-0.25, -0.2) is 0 Å². The van der Waals surface area contributed by atoms with Crippen molar-refractivity contribution in [2.24, 2.45) is 0 Å². The van der Waals surface area contributed by atoms with Crippen molar-refractivity contribution in [2.75, 3.05) is 52.2 Å². The van der Waals surface area contributed by atoms with E-state index >= 15 is 0 Å². The van der Waals surface area contributed by atoms with Crippen molar-refractivity contribution in [1.82, 2.24) is 20.0 Å². The smallest absolute Gasteiger partial charge is 0.274 e. The zero-order valence-electron chi connectivity index (χ0n) is 11.1. The fourth-order valence-electron chi connectivity index (χ4n) is 1.85. The lowest BCUT2D eigenvalue weighted by Gasteiger charge is -2.32. The highest BCUT2D eigenvalue weighted by Gasteiger charge is 2.21. The molecule has 0 N–H and O–H groups in total. The van der Waals surface area contributed by atoms with Crippen molar-refractivity contribution >= 4 is 11.7 Å². The summed E-state index contributed by atoms with van der Waals surface area (Å²) in [5, 5.41) is 8.02. The molecule has 1 aromatic heterocycles. The van der Waals surface area contributed by atoms with Crippen molar-refractivity contribution in [2.45, 2.75) is 0 Å². The summed E-state index contributed by atoms with van der Waals surface area (Å²) in [5.74, 6) is 0.728. The van der Waals surface area contributed by atoms with Crippen LogP contribution in [0.25, 0.3) is 0 Å². The quantitative estimate of drug-likeness (QED) is 0.734. The van der Waals surface area contributed by atoms with Crippen molar-refractivity contribution < 1.29 is 4.79 Å². The third-order valence-corrected chi connectivity index (χ3v) is 3.12. The molecule has 1 aliphatic heterocycles. The first kappa shape index (κ1) is 12.8. The maximum Gasteiger partial charge on any atom is 0.274 e. The highest BCUT2D eigenvalue weighted by Crippen LogP contribution is 2.09. The van der Waals surface area contributed by atoms with E-state index in [0.29, 0.717) is 5.69 Å². The molecule has 1 aliphatic rings. The van der Waals surface area contributed by atoms with Gasteiger partial charge in [0.05, 0.1) is 0 Å². The molecule has 1 fully saturated rings. The summed E-state index contributed by atoms with van der Waals surface area (Å²) in [7, 11) is 5.85. The molecule has 1 aromatic rings. The molecule has 0 bridgehead atoms. The summed E-state index contributed by atoms with van der Waals surface area (Å²) >= 11 is 0. The van der Waals surface area contributed by atoms with Gasteiger partial charge in [0.25, 0.3) is 5.91 Å². The number of nitrogens with zero attached hydrogens (tertiary/aromatic N) is 5. The Hall–Kier alpha value is -1.69. The minimum absolute atomic E-state index is 0.0269. The van der Waals surface area contributed by atoms with E-state index in [1.54, 1.807) is 6.07 Å². The van der Waals surface area contributed by atoms with Crippen LogP contribution in [0.1, 0.15) is 10.5 Å². The first-order valence-electron chi connectivity index (χ1n) is 6.07. The Morgan fingerprint density at radius 2 is 1.83 bits per heavy atom. The van der Waals surface area contributed by atoms with Gasteiger partial charge < -0.3 is 14.7 Å². The topological polar surface area (TPSA) is 52.6 Å². The third-order valence-electron chi connectivity index (χ3n) is 3.12. The SMILES string of the molecule is CN1CCN(C(=O)c2ccc(N(C)C)nn2)CC1. The highest BCUT2D eigenvalue weighted by atomic mass is 16.2. The molecule has 0 spiro atoms. The molecule has 2 heterocycles. The summed E-state index contributed by atoms with van der Waals surface area (Å²) in [6.07, 6.45) is 0. The van der Waals surface area contributed by atoms with Crippen LogP contribution < -0.4 is 4.90 Å². The Morgan fingerprint density at radius 3 is 2.33 bits per heavy atom. The molecule has 0 aliphatic carbocycles. The molecule has 1 saturated heterocycles. The monoisotopic (exact) mass is 249 g/mol. The molecule has 0 saturated carbocycles. The van der Waals surface area contributed by atoms with Crippen LogP contribution in [-0.2, 0) is 0 Å². The molecule has 18 heavy (non-hydrogen) atoms. The summed E-state index contributed by atoms with van der Waals surface area (Å²) in [6, 6.07) is 3.55. The van der Waals surface area contributed by atoms with Crippen LogP contribution in [0, 0.1) is 0 Å². The molecule has 2 rings (SSSR count). The number of likely N-dealkylation sites (N-methyl/N-ethyl adjacent to an activating group) is 1. The van der Waals surface area contributed by atoms with Gasteiger partial charge in [0.1, 0.15) is 0 Å². The second-order valence-corrected chi connectivity index (χ2v) is 4.77. The molecule has 1 amide bonds. The molecule has 98 valence electrons. The number of carbonyl (C=O) groups excluding carboxylic acids is 1. The Morgan fingerprint density at radius 1 is 1.17 bits per heavy atom. The van der Waals surface area contributed by atoms with Gasteiger partial charge in [-0.1, -0.05) is 0 Å². The fourth-order valence-corrected chi connectivity index (χ4v) is 1.85.